The summed E-state index contributed by atoms with van der Waals surface area (Å²) in [5.74, 6) is 7.16. The van der Waals surface area contributed by atoms with Gasteiger partial charge < -0.3 is 26.2 Å². The van der Waals surface area contributed by atoms with Gasteiger partial charge in [0, 0.05) is 78.6 Å². The van der Waals surface area contributed by atoms with Crippen molar-refractivity contribution in [3.05, 3.63) is 74.4 Å². The number of nitrogens with zero attached hydrogens (tertiary/aromatic N) is 4. The molecule has 13 heteroatoms. The lowest BCUT2D eigenvalue weighted by molar-refractivity contribution is -0.144. The maximum absolute atomic E-state index is 12.9. The number of carbonyl (C=O) groups is 3. The van der Waals surface area contributed by atoms with E-state index in [0.29, 0.717) is 52.2 Å². The lowest BCUT2D eigenvalue weighted by atomic mass is 9.99. The zero-order chi connectivity index (χ0) is 33.6. The van der Waals surface area contributed by atoms with Gasteiger partial charge in [-0.1, -0.05) is 41.1 Å². The Morgan fingerprint density at radius 2 is 1.85 bits per heavy atom. The fourth-order valence-corrected chi connectivity index (χ4v) is 7.76. The Balaban J connectivity index is 1.25. The third-order valence-electron chi connectivity index (χ3n) is 9.09. The molecule has 0 bridgehead atoms. The molecular weight excluding hydrogens is 669 g/mol. The first kappa shape index (κ1) is 34.3. The summed E-state index contributed by atoms with van der Waals surface area (Å²) < 4.78 is 2.05. The highest BCUT2D eigenvalue weighted by molar-refractivity contribution is 7.99. The number of benzene rings is 2. The van der Waals surface area contributed by atoms with E-state index in [2.05, 4.69) is 32.1 Å². The minimum atomic E-state index is -0.968. The molecule has 0 radical (unpaired) electrons. The highest BCUT2D eigenvalue weighted by atomic mass is 35.5. The van der Waals surface area contributed by atoms with Crippen LogP contribution < -0.4 is 16.4 Å². The van der Waals surface area contributed by atoms with Gasteiger partial charge in [0.15, 0.2) is 0 Å². The van der Waals surface area contributed by atoms with Crippen molar-refractivity contribution in [2.24, 2.45) is 11.7 Å². The van der Waals surface area contributed by atoms with Gasteiger partial charge in [-0.05, 0) is 68.7 Å². The van der Waals surface area contributed by atoms with E-state index in [1.165, 1.54) is 16.4 Å². The molecule has 3 aliphatic heterocycles. The number of aryl methyl sites for hydroxylation is 1. The molecule has 2 fully saturated rings. The minimum Gasteiger partial charge on any atom is -0.361 e. The number of primary amides is 1. The van der Waals surface area contributed by atoms with E-state index >= 15 is 0 Å². The number of nitrogens with one attached hydrogen (secondary N) is 2. The molecule has 4 N–H and O–H groups in total. The van der Waals surface area contributed by atoms with Crippen molar-refractivity contribution in [2.75, 3.05) is 57.3 Å². The first-order chi connectivity index (χ1) is 23.3. The van der Waals surface area contributed by atoms with Crippen LogP contribution in [0.25, 0.3) is 11.3 Å². The maximum atomic E-state index is 12.9. The largest absolute Gasteiger partial charge is 0.361 e. The summed E-state index contributed by atoms with van der Waals surface area (Å²) in [7, 11) is 0. The van der Waals surface area contributed by atoms with Crippen molar-refractivity contribution >= 4 is 52.7 Å². The Labute approximate surface area is 295 Å². The quantitative estimate of drug-likeness (QED) is 0.242. The molecule has 2 aromatic carbocycles. The second kappa shape index (κ2) is 15.8. The van der Waals surface area contributed by atoms with Gasteiger partial charge in [-0.25, -0.2) is 0 Å². The third kappa shape index (κ3) is 8.18. The first-order valence-electron chi connectivity index (χ1n) is 16.3. The SMILES string of the molecule is NC(=O)C(=O)N1CCc2c(c(-c3ccc(Cl)c(C#Cc4ccc(Cl)c(C(=O)NC[C@@H]5CCNC5)c4)c3)nn2CCCN2CCSCC2)C1. The van der Waals surface area contributed by atoms with E-state index in [4.69, 9.17) is 34.0 Å². The van der Waals surface area contributed by atoms with Crippen LogP contribution in [0.4, 0.5) is 0 Å². The summed E-state index contributed by atoms with van der Waals surface area (Å²) in [6, 6.07) is 10.7. The fraction of sp³-hybridized carbons (Fsp3) is 0.429. The summed E-state index contributed by atoms with van der Waals surface area (Å²) in [6.45, 7) is 7.06. The normalized spacial score (nSPS) is 17.8. The van der Waals surface area contributed by atoms with Crippen LogP contribution in [0.5, 0.6) is 0 Å². The summed E-state index contributed by atoms with van der Waals surface area (Å²) in [5, 5.41) is 12.2. The van der Waals surface area contributed by atoms with Gasteiger partial charge >= 0.3 is 11.8 Å². The molecule has 0 unspecified atom stereocenters. The number of hydrogen-bond donors (Lipinski definition) is 3. The van der Waals surface area contributed by atoms with E-state index in [0.717, 1.165) is 74.6 Å². The third-order valence-corrected chi connectivity index (χ3v) is 10.7. The van der Waals surface area contributed by atoms with Gasteiger partial charge in [0.2, 0.25) is 0 Å². The van der Waals surface area contributed by atoms with Gasteiger partial charge in [-0.2, -0.15) is 16.9 Å². The molecule has 1 aromatic heterocycles. The topological polar surface area (TPSA) is 126 Å². The molecule has 0 aliphatic carbocycles. The Kier molecular flexibility index (Phi) is 11.3. The molecule has 4 heterocycles. The number of hydrogen-bond acceptors (Lipinski definition) is 7. The minimum absolute atomic E-state index is 0.227. The van der Waals surface area contributed by atoms with Crippen LogP contribution in [0.2, 0.25) is 10.0 Å². The zero-order valence-corrected chi connectivity index (χ0v) is 29.0. The molecule has 0 spiro atoms. The average molecular weight is 709 g/mol. The van der Waals surface area contributed by atoms with Crippen molar-refractivity contribution in [3.8, 4) is 23.1 Å². The molecule has 3 aliphatic rings. The number of amides is 3. The van der Waals surface area contributed by atoms with E-state index in [9.17, 15) is 14.4 Å². The molecular formula is C35H39Cl2N7O3S. The summed E-state index contributed by atoms with van der Waals surface area (Å²) in [5.41, 5.74) is 10.4. The number of aromatic nitrogens is 2. The number of thioether (sulfide) groups is 1. The van der Waals surface area contributed by atoms with Crippen molar-refractivity contribution < 1.29 is 14.4 Å². The van der Waals surface area contributed by atoms with E-state index in [-0.39, 0.29) is 12.5 Å². The lowest BCUT2D eigenvalue weighted by Gasteiger charge is -2.27. The van der Waals surface area contributed by atoms with Crippen LogP contribution in [0, 0.1) is 17.8 Å². The maximum Gasteiger partial charge on any atom is 0.311 e. The Bertz CT molecular complexity index is 1760. The molecule has 6 rings (SSSR count). The highest BCUT2D eigenvalue weighted by Gasteiger charge is 2.30. The number of fused-ring (bicyclic) bond motifs is 1. The highest BCUT2D eigenvalue weighted by Crippen LogP contribution is 2.32. The van der Waals surface area contributed by atoms with Crippen LogP contribution in [0.3, 0.4) is 0 Å². The van der Waals surface area contributed by atoms with Crippen LogP contribution in [0.1, 0.15) is 45.6 Å². The monoisotopic (exact) mass is 707 g/mol. The predicted molar refractivity (Wildman–Crippen MR) is 190 cm³/mol. The lowest BCUT2D eigenvalue weighted by Crippen LogP contribution is -2.43. The van der Waals surface area contributed by atoms with Crippen LogP contribution in [-0.2, 0) is 29.1 Å². The van der Waals surface area contributed by atoms with Crippen LogP contribution >= 0.6 is 35.0 Å². The molecule has 48 heavy (non-hydrogen) atoms. The van der Waals surface area contributed by atoms with Crippen molar-refractivity contribution in [1.29, 1.82) is 0 Å². The molecule has 0 saturated carbocycles. The molecule has 2 saturated heterocycles. The first-order valence-corrected chi connectivity index (χ1v) is 18.3. The van der Waals surface area contributed by atoms with Crippen molar-refractivity contribution in [2.45, 2.75) is 32.4 Å². The van der Waals surface area contributed by atoms with E-state index in [1.807, 2.05) is 23.9 Å². The number of carbonyl (C=O) groups excluding carboxylic acids is 3. The average Bonchev–Trinajstić information content (AvgIpc) is 3.75. The molecule has 10 nitrogen and oxygen atoms in total. The number of nitrogens with two attached hydrogens (primary N) is 1. The molecule has 252 valence electrons. The van der Waals surface area contributed by atoms with Gasteiger partial charge in [0.25, 0.3) is 5.91 Å². The van der Waals surface area contributed by atoms with Gasteiger partial charge in [-0.3, -0.25) is 19.1 Å². The summed E-state index contributed by atoms with van der Waals surface area (Å²) >= 11 is 15.0. The second-order valence-electron chi connectivity index (χ2n) is 12.4. The Morgan fingerprint density at radius 1 is 1.04 bits per heavy atom. The summed E-state index contributed by atoms with van der Waals surface area (Å²) in [6.07, 6.45) is 2.56. The van der Waals surface area contributed by atoms with Gasteiger partial charge in [0.05, 0.1) is 27.8 Å². The second-order valence-corrected chi connectivity index (χ2v) is 14.4. The van der Waals surface area contributed by atoms with E-state index in [1.54, 1.807) is 24.3 Å². The fourth-order valence-electron chi connectivity index (χ4n) is 6.41. The Hall–Kier alpha value is -3.53. The smallest absolute Gasteiger partial charge is 0.311 e. The summed E-state index contributed by atoms with van der Waals surface area (Å²) in [4.78, 5) is 41.2. The van der Waals surface area contributed by atoms with Crippen molar-refractivity contribution in [1.82, 2.24) is 30.2 Å². The predicted octanol–water partition coefficient (Wildman–Crippen LogP) is 3.40. The van der Waals surface area contributed by atoms with Gasteiger partial charge in [0.1, 0.15) is 0 Å². The Morgan fingerprint density at radius 3 is 2.62 bits per heavy atom. The van der Waals surface area contributed by atoms with E-state index < -0.39 is 11.8 Å². The standard InChI is InChI=1S/C35H39Cl2N7O3S/c36-29-7-5-26(19-25(29)4-2-23-3-6-30(37)27(18-23)34(46)40-21-24-8-10-39-20-24)32-28-22-43(35(47)33(38)45)13-9-31(28)44(41-32)12-1-11-42-14-16-48-17-15-42/h3,5-7,18-19,24,39H,1,8-17,20-22H2,(H2,38,45)(H,40,46)/t24-/m1/s1. The molecule has 3 amide bonds. The van der Waals surface area contributed by atoms with Crippen LogP contribution in [-0.4, -0.2) is 94.6 Å². The number of halogens is 2. The van der Waals surface area contributed by atoms with Gasteiger partial charge in [-0.15, -0.1) is 0 Å². The number of rotatable bonds is 8. The molecule has 3 aromatic rings. The molecule has 1 atom stereocenters. The van der Waals surface area contributed by atoms with Crippen LogP contribution in [0.15, 0.2) is 36.4 Å². The zero-order valence-electron chi connectivity index (χ0n) is 26.7. The van der Waals surface area contributed by atoms with Crippen molar-refractivity contribution in [3.63, 3.8) is 0 Å².